The number of fused-ring (bicyclic) bond motifs is 1. The minimum Gasteiger partial charge on any atom is -0.508 e. The van der Waals surface area contributed by atoms with Gasteiger partial charge in [-0.05, 0) is 34.4 Å². The van der Waals surface area contributed by atoms with Gasteiger partial charge >= 0.3 is 6.03 Å². The van der Waals surface area contributed by atoms with E-state index in [4.69, 9.17) is 0 Å². The van der Waals surface area contributed by atoms with Gasteiger partial charge in [0.05, 0.1) is 19.6 Å². The van der Waals surface area contributed by atoms with Crippen molar-refractivity contribution in [3.63, 3.8) is 0 Å². The summed E-state index contributed by atoms with van der Waals surface area (Å²) in [6.45, 7) is 4.99. The molecule has 0 bridgehead atoms. The first kappa shape index (κ1) is 29.6. The fraction of sp³-hybridized carbons (Fsp3) is 0.281. The Balaban J connectivity index is 1.44. The van der Waals surface area contributed by atoms with Gasteiger partial charge in [0, 0.05) is 23.9 Å². The molecule has 42 heavy (non-hydrogen) atoms. The second-order valence-corrected chi connectivity index (χ2v) is 11.2. The van der Waals surface area contributed by atoms with Crippen LogP contribution in [0.4, 0.5) is 4.79 Å². The summed E-state index contributed by atoms with van der Waals surface area (Å²) in [5, 5.41) is 16.0. The summed E-state index contributed by atoms with van der Waals surface area (Å²) in [6, 6.07) is 23.4. The monoisotopic (exact) mass is 679 g/mol. The number of urea groups is 1. The molecule has 2 aliphatic rings. The van der Waals surface area contributed by atoms with E-state index in [0.29, 0.717) is 19.5 Å². The van der Waals surface area contributed by atoms with E-state index in [2.05, 4.69) is 46.6 Å². The molecule has 2 heterocycles. The summed E-state index contributed by atoms with van der Waals surface area (Å²) in [6.07, 6.45) is 1.39. The molecule has 2 saturated heterocycles. The lowest BCUT2D eigenvalue weighted by Gasteiger charge is -2.46. The lowest BCUT2D eigenvalue weighted by Crippen LogP contribution is -2.66. The first-order chi connectivity index (χ1) is 20.4. The van der Waals surface area contributed by atoms with Crippen molar-refractivity contribution in [3.8, 4) is 5.75 Å². The third kappa shape index (κ3) is 6.60. The van der Waals surface area contributed by atoms with Crippen LogP contribution in [0.1, 0.15) is 22.3 Å². The molecule has 2 aliphatic heterocycles. The molecule has 5 rings (SSSR count). The van der Waals surface area contributed by atoms with Crippen molar-refractivity contribution in [2.75, 3.05) is 19.6 Å². The van der Waals surface area contributed by atoms with Crippen LogP contribution >= 0.6 is 22.6 Å². The minimum absolute atomic E-state index is 0.0330. The molecule has 0 radical (unpaired) electrons. The van der Waals surface area contributed by atoms with Gasteiger partial charge in [-0.3, -0.25) is 14.6 Å². The summed E-state index contributed by atoms with van der Waals surface area (Å²) in [5.74, 6) is -0.222. The lowest BCUT2D eigenvalue weighted by atomic mass is 9.99. The second-order valence-electron chi connectivity index (χ2n) is 10.5. The van der Waals surface area contributed by atoms with Crippen LogP contribution in [0.25, 0.3) is 0 Å². The number of halogens is 1. The van der Waals surface area contributed by atoms with Crippen LogP contribution in [0.2, 0.25) is 0 Å². The number of carbonyl (C=O) groups is 3. The van der Waals surface area contributed by atoms with Crippen LogP contribution in [-0.4, -0.2) is 74.6 Å². The number of hydrazine groups is 1. The van der Waals surface area contributed by atoms with E-state index in [1.807, 2.05) is 42.5 Å². The number of carbonyl (C=O) groups excluding carboxylic acids is 3. The maximum atomic E-state index is 14.0. The minimum atomic E-state index is -0.753. The first-order valence-corrected chi connectivity index (χ1v) is 15.4. The number of aromatic hydroxyl groups is 1. The molecule has 218 valence electrons. The first-order valence-electron chi connectivity index (χ1n) is 13.9. The molecule has 2 fully saturated rings. The van der Waals surface area contributed by atoms with Crippen molar-refractivity contribution in [3.05, 3.63) is 114 Å². The third-order valence-corrected chi connectivity index (χ3v) is 8.47. The number of piperazine rings is 1. The molecule has 0 aromatic heterocycles. The Morgan fingerprint density at radius 2 is 1.71 bits per heavy atom. The van der Waals surface area contributed by atoms with Gasteiger partial charge in [-0.15, -0.1) is 6.58 Å². The predicted molar refractivity (Wildman–Crippen MR) is 168 cm³/mol. The normalized spacial score (nSPS) is 18.6. The smallest absolute Gasteiger partial charge is 0.332 e. The van der Waals surface area contributed by atoms with Gasteiger partial charge in [0.25, 0.3) is 0 Å². The van der Waals surface area contributed by atoms with Gasteiger partial charge in [-0.25, -0.2) is 4.79 Å². The Kier molecular flexibility index (Phi) is 9.43. The molecule has 9 nitrogen and oxygen atoms in total. The topological polar surface area (TPSA) is 96.4 Å². The number of amides is 4. The summed E-state index contributed by atoms with van der Waals surface area (Å²) >= 11 is 2.32. The summed E-state index contributed by atoms with van der Waals surface area (Å²) < 4.78 is 0.857. The van der Waals surface area contributed by atoms with Gasteiger partial charge in [-0.2, -0.15) is 5.01 Å². The predicted octanol–water partition coefficient (Wildman–Crippen LogP) is 4.06. The van der Waals surface area contributed by atoms with Gasteiger partial charge in [0.15, 0.2) is 0 Å². The van der Waals surface area contributed by atoms with Crippen LogP contribution in [0.15, 0.2) is 91.5 Å². The molecule has 0 aliphatic carbocycles. The van der Waals surface area contributed by atoms with Crippen LogP contribution in [-0.2, 0) is 33.5 Å². The number of nitrogens with zero attached hydrogens (tertiary/aromatic N) is 4. The molecular formula is C32H34IN5O4. The molecule has 0 saturated carbocycles. The molecule has 2 N–H and O–H groups in total. The van der Waals surface area contributed by atoms with E-state index in [0.717, 1.165) is 21.1 Å². The number of alkyl halides is 1. The van der Waals surface area contributed by atoms with E-state index in [1.165, 1.54) is 10.6 Å². The quantitative estimate of drug-likeness (QED) is 0.192. The fourth-order valence-corrected chi connectivity index (χ4v) is 6.04. The van der Waals surface area contributed by atoms with Crippen molar-refractivity contribution < 1.29 is 19.5 Å². The number of phenols is 1. The van der Waals surface area contributed by atoms with Crippen molar-refractivity contribution in [2.45, 2.75) is 36.1 Å². The number of rotatable bonds is 10. The Morgan fingerprint density at radius 1 is 1.00 bits per heavy atom. The highest BCUT2D eigenvalue weighted by Crippen LogP contribution is 2.30. The average Bonchev–Trinajstić information content (AvgIpc) is 3.33. The Bertz CT molecular complexity index is 1430. The van der Waals surface area contributed by atoms with E-state index in [-0.39, 0.29) is 43.2 Å². The number of hydrogen-bond donors (Lipinski definition) is 2. The van der Waals surface area contributed by atoms with E-state index in [1.54, 1.807) is 45.2 Å². The number of nitrogens with one attached hydrogen (secondary N) is 1. The van der Waals surface area contributed by atoms with Gasteiger partial charge in [0.2, 0.25) is 11.8 Å². The molecule has 10 heteroatoms. The Hall–Kier alpha value is -3.90. The maximum Gasteiger partial charge on any atom is 0.332 e. The summed E-state index contributed by atoms with van der Waals surface area (Å²) in [4.78, 5) is 44.5. The standard InChI is InChI=1S/C32H34IN5O4/c1-2-15-36(32(42)34-19-24-7-4-3-5-8-24)37-22-30(40)38-28(17-23-11-13-27(39)14-12-23)31(41)35(21-29(37)38)20-26-10-6-9-25(16-26)18-33/h2-14,16,28-29,39H,1,15,17-22H2,(H,34,42)/t28-,29+/m0/s1. The molecule has 3 aromatic rings. The van der Waals surface area contributed by atoms with E-state index >= 15 is 0 Å². The Labute approximate surface area is 259 Å². The molecule has 0 spiro atoms. The van der Waals surface area contributed by atoms with Crippen molar-refractivity contribution in [2.24, 2.45) is 0 Å². The average molecular weight is 680 g/mol. The van der Waals surface area contributed by atoms with Crippen LogP contribution < -0.4 is 5.32 Å². The zero-order chi connectivity index (χ0) is 29.6. The van der Waals surface area contributed by atoms with E-state index in [9.17, 15) is 19.5 Å². The van der Waals surface area contributed by atoms with E-state index < -0.39 is 12.2 Å². The highest BCUT2D eigenvalue weighted by Gasteiger charge is 2.52. The highest BCUT2D eigenvalue weighted by atomic mass is 127. The second kappa shape index (κ2) is 13.4. The molecule has 2 atom stereocenters. The van der Waals surface area contributed by atoms with Crippen molar-refractivity contribution >= 4 is 40.4 Å². The zero-order valence-electron chi connectivity index (χ0n) is 23.2. The molecule has 4 amide bonds. The fourth-order valence-electron chi connectivity index (χ4n) is 5.57. The Morgan fingerprint density at radius 3 is 2.43 bits per heavy atom. The van der Waals surface area contributed by atoms with Crippen LogP contribution in [0.3, 0.4) is 0 Å². The maximum absolute atomic E-state index is 14.0. The molecule has 3 aromatic carbocycles. The van der Waals surface area contributed by atoms with Crippen LogP contribution in [0.5, 0.6) is 5.75 Å². The lowest BCUT2D eigenvalue weighted by molar-refractivity contribution is -0.157. The molecule has 0 unspecified atom stereocenters. The van der Waals surface area contributed by atoms with Crippen LogP contribution in [0, 0.1) is 0 Å². The highest BCUT2D eigenvalue weighted by molar-refractivity contribution is 14.1. The van der Waals surface area contributed by atoms with Crippen molar-refractivity contribution in [1.82, 2.24) is 25.1 Å². The summed E-state index contributed by atoms with van der Waals surface area (Å²) in [7, 11) is 0. The zero-order valence-corrected chi connectivity index (χ0v) is 25.4. The summed E-state index contributed by atoms with van der Waals surface area (Å²) in [5.41, 5.74) is 3.97. The SMILES string of the molecule is C=CCN(C(=O)NCc1ccccc1)N1CC(=O)N2[C@@H](Cc3ccc(O)cc3)C(=O)N(Cc3cccc(CI)c3)C[C@@H]21. The third-order valence-electron chi connectivity index (χ3n) is 7.58. The number of hydrogen-bond acceptors (Lipinski definition) is 5. The largest absolute Gasteiger partial charge is 0.508 e. The van der Waals surface area contributed by atoms with Gasteiger partial charge in [-0.1, -0.05) is 95.4 Å². The molecular weight excluding hydrogens is 645 g/mol. The number of benzene rings is 3. The van der Waals surface area contributed by atoms with Crippen molar-refractivity contribution in [1.29, 1.82) is 0 Å². The van der Waals surface area contributed by atoms with Gasteiger partial charge < -0.3 is 20.2 Å². The van der Waals surface area contributed by atoms with Gasteiger partial charge in [0.1, 0.15) is 18.0 Å². The number of phenolic OH excluding ortho intramolecular Hbond substituents is 1.